The Morgan fingerprint density at radius 3 is 2.42 bits per heavy atom. The van der Waals surface area contributed by atoms with Crippen molar-refractivity contribution in [3.63, 3.8) is 0 Å². The van der Waals surface area contributed by atoms with E-state index in [9.17, 15) is 13.2 Å². The Hall–Kier alpha value is -3.01. The van der Waals surface area contributed by atoms with Gasteiger partial charge in [-0.05, 0) is 19.1 Å². The number of sulfonamides is 1. The van der Waals surface area contributed by atoms with E-state index in [1.165, 1.54) is 7.11 Å². The highest BCUT2D eigenvalue weighted by atomic mass is 32.2. The van der Waals surface area contributed by atoms with Crippen LogP contribution in [0.15, 0.2) is 60.7 Å². The van der Waals surface area contributed by atoms with Gasteiger partial charge in [0.15, 0.2) is 0 Å². The Morgan fingerprint density at radius 1 is 1.13 bits per heavy atom. The lowest BCUT2D eigenvalue weighted by atomic mass is 10.1. The van der Waals surface area contributed by atoms with Crippen LogP contribution in [-0.4, -0.2) is 61.5 Å². The minimum Gasteiger partial charge on any atom is -0.383 e. The number of hydrogen-bond acceptors (Lipinski definition) is 5. The third kappa shape index (κ3) is 6.00. The summed E-state index contributed by atoms with van der Waals surface area (Å²) < 4.78 is 31.7. The number of nitrogens with zero attached hydrogens (tertiary/aromatic N) is 3. The Labute approximate surface area is 182 Å². The van der Waals surface area contributed by atoms with Gasteiger partial charge in [0.25, 0.3) is 0 Å². The summed E-state index contributed by atoms with van der Waals surface area (Å²) >= 11 is 0. The quantitative estimate of drug-likeness (QED) is 0.550. The molecule has 1 amide bonds. The van der Waals surface area contributed by atoms with E-state index < -0.39 is 15.9 Å². The molecule has 0 fully saturated rings. The van der Waals surface area contributed by atoms with E-state index in [4.69, 9.17) is 4.74 Å². The highest BCUT2D eigenvalue weighted by Crippen LogP contribution is 2.25. The summed E-state index contributed by atoms with van der Waals surface area (Å²) in [6, 6.07) is 19.1. The standard InChI is InChI=1S/C22H26N4O4S/c1-17-9-11-19(12-10-17)26-21(15-20(24-26)18-7-5-4-6-8-18)23-22(27)16-25(13-14-30-2)31(3,28)29/h4-12,15H,13-14,16H2,1-3H3,(H,23,27). The fourth-order valence-corrected chi connectivity index (χ4v) is 3.76. The second-order valence-corrected chi connectivity index (χ2v) is 9.15. The van der Waals surface area contributed by atoms with Crippen LogP contribution in [0.1, 0.15) is 5.56 Å². The summed E-state index contributed by atoms with van der Waals surface area (Å²) in [6.45, 7) is 1.96. The van der Waals surface area contributed by atoms with E-state index in [2.05, 4.69) is 10.4 Å². The van der Waals surface area contributed by atoms with Gasteiger partial charge < -0.3 is 10.1 Å². The maximum Gasteiger partial charge on any atom is 0.240 e. The van der Waals surface area contributed by atoms with Gasteiger partial charge in [-0.1, -0.05) is 48.0 Å². The van der Waals surface area contributed by atoms with Gasteiger partial charge in [0.1, 0.15) is 5.82 Å². The number of methoxy groups -OCH3 is 1. The Kier molecular flexibility index (Phi) is 7.21. The van der Waals surface area contributed by atoms with Gasteiger partial charge in [-0.25, -0.2) is 13.1 Å². The molecule has 0 atom stereocenters. The molecule has 8 nitrogen and oxygen atoms in total. The summed E-state index contributed by atoms with van der Waals surface area (Å²) in [7, 11) is -2.08. The number of carbonyl (C=O) groups is 1. The fraction of sp³-hybridized carbons (Fsp3) is 0.273. The lowest BCUT2D eigenvalue weighted by Crippen LogP contribution is -2.39. The van der Waals surface area contributed by atoms with Crippen LogP contribution in [-0.2, 0) is 19.6 Å². The molecule has 1 N–H and O–H groups in total. The van der Waals surface area contributed by atoms with Crippen LogP contribution in [0.3, 0.4) is 0 Å². The summed E-state index contributed by atoms with van der Waals surface area (Å²) in [6.07, 6.45) is 1.07. The maximum absolute atomic E-state index is 12.7. The number of anilines is 1. The fourth-order valence-electron chi connectivity index (χ4n) is 3.00. The van der Waals surface area contributed by atoms with Crippen molar-refractivity contribution in [2.75, 3.05) is 38.4 Å². The van der Waals surface area contributed by atoms with E-state index in [1.807, 2.05) is 61.5 Å². The molecule has 164 valence electrons. The van der Waals surface area contributed by atoms with E-state index in [1.54, 1.807) is 10.7 Å². The predicted octanol–water partition coefficient (Wildman–Crippen LogP) is 2.69. The zero-order valence-corrected chi connectivity index (χ0v) is 18.6. The smallest absolute Gasteiger partial charge is 0.240 e. The van der Waals surface area contributed by atoms with Crippen LogP contribution >= 0.6 is 0 Å². The van der Waals surface area contributed by atoms with Crippen LogP contribution in [0, 0.1) is 6.92 Å². The first kappa shape index (κ1) is 22.7. The average Bonchev–Trinajstić information content (AvgIpc) is 3.15. The summed E-state index contributed by atoms with van der Waals surface area (Å²) in [5.41, 5.74) is 3.48. The highest BCUT2D eigenvalue weighted by molar-refractivity contribution is 7.88. The first-order chi connectivity index (χ1) is 14.8. The molecule has 0 bridgehead atoms. The van der Waals surface area contributed by atoms with E-state index in [0.29, 0.717) is 11.5 Å². The van der Waals surface area contributed by atoms with Crippen molar-refractivity contribution in [3.8, 4) is 16.9 Å². The lowest BCUT2D eigenvalue weighted by molar-refractivity contribution is -0.116. The number of carbonyl (C=O) groups excluding carboxylic acids is 1. The van der Waals surface area contributed by atoms with Gasteiger partial charge in [0.05, 0.1) is 30.8 Å². The summed E-state index contributed by atoms with van der Waals surface area (Å²) in [5, 5.41) is 7.47. The first-order valence-corrected chi connectivity index (χ1v) is 11.6. The molecule has 0 spiro atoms. The summed E-state index contributed by atoms with van der Waals surface area (Å²) in [4.78, 5) is 12.7. The van der Waals surface area contributed by atoms with Crippen molar-refractivity contribution in [3.05, 3.63) is 66.2 Å². The third-order valence-corrected chi connectivity index (χ3v) is 5.91. The molecule has 0 unspecified atom stereocenters. The average molecular weight is 443 g/mol. The molecule has 0 saturated heterocycles. The van der Waals surface area contributed by atoms with Crippen molar-refractivity contribution in [1.29, 1.82) is 0 Å². The first-order valence-electron chi connectivity index (χ1n) is 9.74. The van der Waals surface area contributed by atoms with Crippen molar-refractivity contribution in [2.24, 2.45) is 0 Å². The molecule has 1 heterocycles. The van der Waals surface area contributed by atoms with Crippen LogP contribution in [0.2, 0.25) is 0 Å². The predicted molar refractivity (Wildman–Crippen MR) is 121 cm³/mol. The van der Waals surface area contributed by atoms with Gasteiger partial charge in [-0.3, -0.25) is 4.79 Å². The number of amides is 1. The van der Waals surface area contributed by atoms with Crippen molar-refractivity contribution in [1.82, 2.24) is 14.1 Å². The van der Waals surface area contributed by atoms with E-state index in [-0.39, 0.29) is 19.7 Å². The molecule has 0 aliphatic carbocycles. The van der Waals surface area contributed by atoms with Gasteiger partial charge in [-0.15, -0.1) is 0 Å². The molecule has 0 aliphatic rings. The van der Waals surface area contributed by atoms with Gasteiger partial charge >= 0.3 is 0 Å². The Morgan fingerprint density at radius 2 is 1.81 bits per heavy atom. The van der Waals surface area contributed by atoms with Crippen LogP contribution < -0.4 is 5.32 Å². The number of benzene rings is 2. The molecular weight excluding hydrogens is 416 g/mol. The largest absolute Gasteiger partial charge is 0.383 e. The molecule has 1 aromatic heterocycles. The number of rotatable bonds is 9. The molecular formula is C22H26N4O4S. The molecule has 0 saturated carbocycles. The Bertz CT molecular complexity index is 1130. The van der Waals surface area contributed by atoms with E-state index in [0.717, 1.165) is 27.4 Å². The number of ether oxygens (including phenoxy) is 1. The van der Waals surface area contributed by atoms with Gasteiger partial charge in [-0.2, -0.15) is 9.40 Å². The molecule has 31 heavy (non-hydrogen) atoms. The number of aromatic nitrogens is 2. The third-order valence-electron chi connectivity index (χ3n) is 4.66. The van der Waals surface area contributed by atoms with Crippen LogP contribution in [0.5, 0.6) is 0 Å². The highest BCUT2D eigenvalue weighted by Gasteiger charge is 2.21. The Balaban J connectivity index is 1.90. The van der Waals surface area contributed by atoms with Crippen molar-refractivity contribution >= 4 is 21.7 Å². The number of hydrogen-bond donors (Lipinski definition) is 1. The molecule has 0 radical (unpaired) electrons. The zero-order chi connectivity index (χ0) is 22.4. The SMILES string of the molecule is COCCN(CC(=O)Nc1cc(-c2ccccc2)nn1-c1ccc(C)cc1)S(C)(=O)=O. The second kappa shape index (κ2) is 9.86. The minimum atomic E-state index is -3.56. The monoisotopic (exact) mass is 442 g/mol. The molecule has 3 rings (SSSR count). The number of nitrogens with one attached hydrogen (secondary N) is 1. The molecule has 0 aliphatic heterocycles. The second-order valence-electron chi connectivity index (χ2n) is 7.17. The molecule has 9 heteroatoms. The topological polar surface area (TPSA) is 93.5 Å². The minimum absolute atomic E-state index is 0.0925. The molecule has 3 aromatic rings. The van der Waals surface area contributed by atoms with E-state index >= 15 is 0 Å². The zero-order valence-electron chi connectivity index (χ0n) is 17.8. The van der Waals surface area contributed by atoms with Crippen molar-refractivity contribution in [2.45, 2.75) is 6.92 Å². The van der Waals surface area contributed by atoms with Gasteiger partial charge in [0.2, 0.25) is 15.9 Å². The normalized spacial score (nSPS) is 11.6. The summed E-state index contributed by atoms with van der Waals surface area (Å²) in [5.74, 6) is -0.0118. The van der Waals surface area contributed by atoms with Gasteiger partial charge in [0, 0.05) is 25.3 Å². The molecule has 2 aromatic carbocycles. The van der Waals surface area contributed by atoms with Crippen LogP contribution in [0.25, 0.3) is 16.9 Å². The number of aryl methyl sites for hydroxylation is 1. The lowest BCUT2D eigenvalue weighted by Gasteiger charge is -2.19. The van der Waals surface area contributed by atoms with Crippen molar-refractivity contribution < 1.29 is 17.9 Å². The van der Waals surface area contributed by atoms with Crippen LogP contribution in [0.4, 0.5) is 5.82 Å². The maximum atomic E-state index is 12.7.